The molecule has 0 spiro atoms. The molecule has 0 saturated heterocycles. The van der Waals surface area contributed by atoms with E-state index in [4.69, 9.17) is 5.73 Å². The maximum absolute atomic E-state index is 12.2. The number of nitrogens with two attached hydrogens (primary N) is 1. The molecule has 5 N–H and O–H groups in total. The molecule has 134 valence electrons. The largest absolute Gasteiger partial charge is 0.376 e. The van der Waals surface area contributed by atoms with Gasteiger partial charge in [0, 0.05) is 17.3 Å². The van der Waals surface area contributed by atoms with Crippen LogP contribution in [-0.2, 0) is 4.79 Å². The second-order valence-corrected chi connectivity index (χ2v) is 6.14. The Labute approximate surface area is 151 Å². The molecule has 1 saturated carbocycles. The Kier molecular flexibility index (Phi) is 5.17. The highest BCUT2D eigenvalue weighted by Crippen LogP contribution is 2.21. The predicted molar refractivity (Wildman–Crippen MR) is 99.0 cm³/mol. The Balaban J connectivity index is 1.57. The number of hydrogen-bond acceptors (Lipinski definition) is 4. The minimum Gasteiger partial charge on any atom is -0.376 e. The average molecular weight is 352 g/mol. The van der Waals surface area contributed by atoms with Crippen molar-refractivity contribution >= 4 is 29.1 Å². The Bertz CT molecular complexity index is 829. The molecule has 0 unspecified atom stereocenters. The van der Waals surface area contributed by atoms with Crippen molar-refractivity contribution in [1.82, 2.24) is 5.32 Å². The maximum Gasteiger partial charge on any atom is 0.253 e. The third-order valence-electron chi connectivity index (χ3n) is 3.98. The van der Waals surface area contributed by atoms with E-state index < -0.39 is 5.91 Å². The summed E-state index contributed by atoms with van der Waals surface area (Å²) in [5.74, 6) is -0.968. The lowest BCUT2D eigenvalue weighted by Crippen LogP contribution is -2.28. The van der Waals surface area contributed by atoms with Gasteiger partial charge in [0.05, 0.1) is 17.8 Å². The summed E-state index contributed by atoms with van der Waals surface area (Å²) in [6, 6.07) is 13.7. The van der Waals surface area contributed by atoms with Crippen LogP contribution in [0, 0.1) is 0 Å². The second kappa shape index (κ2) is 7.69. The first-order valence-corrected chi connectivity index (χ1v) is 8.36. The van der Waals surface area contributed by atoms with Crippen molar-refractivity contribution < 1.29 is 14.4 Å². The summed E-state index contributed by atoms with van der Waals surface area (Å²) in [6.07, 6.45) is 2.00. The van der Waals surface area contributed by atoms with Gasteiger partial charge < -0.3 is 21.7 Å². The number of amides is 3. The molecule has 7 heteroatoms. The molecule has 0 aliphatic heterocycles. The number of nitrogens with one attached hydrogen (secondary N) is 3. The first-order valence-electron chi connectivity index (χ1n) is 8.36. The zero-order valence-corrected chi connectivity index (χ0v) is 14.1. The number of carbonyl (C=O) groups is 3. The molecule has 3 rings (SSSR count). The van der Waals surface area contributed by atoms with E-state index in [1.165, 1.54) is 0 Å². The highest BCUT2D eigenvalue weighted by Gasteiger charge is 2.24. The van der Waals surface area contributed by atoms with Crippen molar-refractivity contribution in [1.29, 1.82) is 0 Å². The number of carbonyl (C=O) groups excluding carboxylic acids is 3. The minimum atomic E-state index is -0.504. The van der Waals surface area contributed by atoms with Crippen molar-refractivity contribution in [2.75, 3.05) is 17.2 Å². The normalized spacial score (nSPS) is 12.9. The number of hydrogen-bond donors (Lipinski definition) is 4. The highest BCUT2D eigenvalue weighted by molar-refractivity contribution is 6.04. The first kappa shape index (κ1) is 17.5. The zero-order chi connectivity index (χ0) is 18.5. The maximum atomic E-state index is 12.2. The van der Waals surface area contributed by atoms with Crippen LogP contribution in [0.2, 0.25) is 0 Å². The van der Waals surface area contributed by atoms with Gasteiger partial charge in [-0.05, 0) is 49.2 Å². The molecule has 0 atom stereocenters. The van der Waals surface area contributed by atoms with E-state index in [9.17, 15) is 14.4 Å². The molecule has 0 radical (unpaired) electrons. The fourth-order valence-electron chi connectivity index (χ4n) is 2.41. The van der Waals surface area contributed by atoms with Gasteiger partial charge in [-0.1, -0.05) is 12.1 Å². The standard InChI is InChI=1S/C19H20N4O3/c20-18(25)12-5-7-13(8-6-12)21-11-17(24)23-16-4-2-1-3-15(16)19(26)22-14-9-10-14/h1-8,14,21H,9-11H2,(H2,20,25)(H,22,26)(H,23,24). The topological polar surface area (TPSA) is 113 Å². The van der Waals surface area contributed by atoms with Crippen LogP contribution in [0.25, 0.3) is 0 Å². The fraction of sp³-hybridized carbons (Fsp3) is 0.211. The Hall–Kier alpha value is -3.35. The van der Waals surface area contributed by atoms with Crippen LogP contribution >= 0.6 is 0 Å². The van der Waals surface area contributed by atoms with Gasteiger partial charge in [0.25, 0.3) is 5.91 Å². The Morgan fingerprint density at radius 2 is 1.69 bits per heavy atom. The van der Waals surface area contributed by atoms with Gasteiger partial charge in [-0.15, -0.1) is 0 Å². The molecule has 1 fully saturated rings. The van der Waals surface area contributed by atoms with Gasteiger partial charge in [0.15, 0.2) is 0 Å². The summed E-state index contributed by atoms with van der Waals surface area (Å²) < 4.78 is 0. The van der Waals surface area contributed by atoms with E-state index in [0.29, 0.717) is 22.5 Å². The number of anilines is 2. The molecule has 3 amide bonds. The summed E-state index contributed by atoms with van der Waals surface area (Å²) in [5, 5.41) is 8.62. The van der Waals surface area contributed by atoms with Gasteiger partial charge in [-0.25, -0.2) is 0 Å². The lowest BCUT2D eigenvalue weighted by molar-refractivity contribution is -0.114. The van der Waals surface area contributed by atoms with Crippen molar-refractivity contribution in [3.05, 3.63) is 59.7 Å². The van der Waals surface area contributed by atoms with E-state index in [2.05, 4.69) is 16.0 Å². The van der Waals surface area contributed by atoms with Gasteiger partial charge in [-0.2, -0.15) is 0 Å². The second-order valence-electron chi connectivity index (χ2n) is 6.14. The number of para-hydroxylation sites is 1. The van der Waals surface area contributed by atoms with Crippen LogP contribution in [0.15, 0.2) is 48.5 Å². The minimum absolute atomic E-state index is 0.0223. The fourth-order valence-corrected chi connectivity index (χ4v) is 2.41. The number of rotatable bonds is 7. The molecule has 1 aliphatic carbocycles. The van der Waals surface area contributed by atoms with Crippen LogP contribution in [0.5, 0.6) is 0 Å². The average Bonchev–Trinajstić information content (AvgIpc) is 3.44. The summed E-state index contributed by atoms with van der Waals surface area (Å²) in [7, 11) is 0. The third-order valence-corrected chi connectivity index (χ3v) is 3.98. The molecular weight excluding hydrogens is 332 g/mol. The molecule has 0 aromatic heterocycles. The first-order chi connectivity index (χ1) is 12.5. The summed E-state index contributed by atoms with van der Waals surface area (Å²) in [5.41, 5.74) is 7.19. The quantitative estimate of drug-likeness (QED) is 0.608. The van der Waals surface area contributed by atoms with Gasteiger partial charge in [-0.3, -0.25) is 14.4 Å². The van der Waals surface area contributed by atoms with Gasteiger partial charge in [0.1, 0.15) is 0 Å². The summed E-state index contributed by atoms with van der Waals surface area (Å²) >= 11 is 0. The monoisotopic (exact) mass is 352 g/mol. The number of benzene rings is 2. The van der Waals surface area contributed by atoms with Crippen LogP contribution < -0.4 is 21.7 Å². The van der Waals surface area contributed by atoms with E-state index in [0.717, 1.165) is 12.8 Å². The predicted octanol–water partition coefficient (Wildman–Crippen LogP) is 1.73. The summed E-state index contributed by atoms with van der Waals surface area (Å²) in [6.45, 7) is 0.0223. The SMILES string of the molecule is NC(=O)c1ccc(NCC(=O)Nc2ccccc2C(=O)NC2CC2)cc1. The van der Waals surface area contributed by atoms with Crippen LogP contribution in [0.4, 0.5) is 11.4 Å². The van der Waals surface area contributed by atoms with Gasteiger partial charge >= 0.3 is 0 Å². The summed E-state index contributed by atoms with van der Waals surface area (Å²) in [4.78, 5) is 35.5. The van der Waals surface area contributed by atoms with Crippen molar-refractivity contribution in [2.24, 2.45) is 5.73 Å². The van der Waals surface area contributed by atoms with Crippen LogP contribution in [0.1, 0.15) is 33.6 Å². The Morgan fingerprint density at radius 3 is 2.35 bits per heavy atom. The van der Waals surface area contributed by atoms with Crippen LogP contribution in [0.3, 0.4) is 0 Å². The molecule has 1 aliphatic rings. The molecule has 2 aromatic rings. The third kappa shape index (κ3) is 4.60. The smallest absolute Gasteiger partial charge is 0.253 e. The molecule has 2 aromatic carbocycles. The van der Waals surface area contributed by atoms with E-state index in [-0.39, 0.29) is 24.4 Å². The highest BCUT2D eigenvalue weighted by atomic mass is 16.2. The van der Waals surface area contributed by atoms with Crippen molar-refractivity contribution in [3.63, 3.8) is 0 Å². The number of primary amides is 1. The molecule has 0 bridgehead atoms. The molecule has 26 heavy (non-hydrogen) atoms. The lowest BCUT2D eigenvalue weighted by atomic mass is 10.1. The van der Waals surface area contributed by atoms with E-state index in [1.54, 1.807) is 48.5 Å². The Morgan fingerprint density at radius 1 is 1.00 bits per heavy atom. The van der Waals surface area contributed by atoms with E-state index >= 15 is 0 Å². The van der Waals surface area contributed by atoms with Crippen molar-refractivity contribution in [3.8, 4) is 0 Å². The molecule has 7 nitrogen and oxygen atoms in total. The van der Waals surface area contributed by atoms with Crippen LogP contribution in [-0.4, -0.2) is 30.3 Å². The molecule has 0 heterocycles. The molecular formula is C19H20N4O3. The van der Waals surface area contributed by atoms with Gasteiger partial charge in [0.2, 0.25) is 11.8 Å². The lowest BCUT2D eigenvalue weighted by Gasteiger charge is -2.12. The van der Waals surface area contributed by atoms with Crippen molar-refractivity contribution in [2.45, 2.75) is 18.9 Å². The van der Waals surface area contributed by atoms with E-state index in [1.807, 2.05) is 0 Å². The zero-order valence-electron chi connectivity index (χ0n) is 14.1.